The highest BCUT2D eigenvalue weighted by atomic mass is 19.1. The zero-order valence-electron chi connectivity index (χ0n) is 14.9. The van der Waals surface area contributed by atoms with Crippen molar-refractivity contribution in [1.29, 1.82) is 0 Å². The molecule has 3 heteroatoms. The second-order valence-corrected chi connectivity index (χ2v) is 6.30. The number of rotatable bonds is 2. The Morgan fingerprint density at radius 1 is 0.778 bits per heavy atom. The number of fused-ring (bicyclic) bond motifs is 1. The van der Waals surface area contributed by atoms with E-state index in [1.54, 1.807) is 6.07 Å². The van der Waals surface area contributed by atoms with E-state index in [1.807, 2.05) is 54.9 Å². The molecule has 1 aromatic heterocycles. The van der Waals surface area contributed by atoms with Crippen LogP contribution in [0.15, 0.2) is 73.1 Å². The lowest BCUT2D eigenvalue weighted by Crippen LogP contribution is -1.91. The molecule has 0 unspecified atom stereocenters. The van der Waals surface area contributed by atoms with E-state index < -0.39 is 0 Å². The summed E-state index contributed by atoms with van der Waals surface area (Å²) in [6, 6.07) is 18.4. The van der Waals surface area contributed by atoms with Gasteiger partial charge in [0.25, 0.3) is 0 Å². The number of nitrogens with zero attached hydrogens (tertiary/aromatic N) is 2. The Hall–Kier alpha value is -3.51. The number of benzene rings is 3. The zero-order valence-corrected chi connectivity index (χ0v) is 14.9. The average molecular weight is 352 g/mol. The van der Waals surface area contributed by atoms with E-state index in [9.17, 15) is 4.39 Å². The van der Waals surface area contributed by atoms with Crippen molar-refractivity contribution in [1.82, 2.24) is 9.97 Å². The molecule has 0 amide bonds. The van der Waals surface area contributed by atoms with Gasteiger partial charge in [0.1, 0.15) is 5.82 Å². The van der Waals surface area contributed by atoms with Crippen LogP contribution in [-0.2, 0) is 6.42 Å². The van der Waals surface area contributed by atoms with Gasteiger partial charge in [-0.25, -0.2) is 14.4 Å². The van der Waals surface area contributed by atoms with E-state index >= 15 is 0 Å². The van der Waals surface area contributed by atoms with Crippen molar-refractivity contribution in [3.63, 3.8) is 0 Å². The quantitative estimate of drug-likeness (QED) is 0.452. The topological polar surface area (TPSA) is 25.8 Å². The first-order chi connectivity index (χ1) is 13.2. The summed E-state index contributed by atoms with van der Waals surface area (Å²) in [5.41, 5.74) is 3.91. The van der Waals surface area contributed by atoms with Crippen LogP contribution in [0.4, 0.5) is 4.39 Å². The van der Waals surface area contributed by atoms with Crippen LogP contribution in [0.5, 0.6) is 0 Å². The normalized spacial score (nSPS) is 10.4. The lowest BCUT2D eigenvalue weighted by atomic mass is 10.1. The van der Waals surface area contributed by atoms with E-state index in [0.717, 1.165) is 39.4 Å². The molecule has 0 saturated carbocycles. The minimum absolute atomic E-state index is 0.227. The Labute approximate surface area is 157 Å². The summed E-state index contributed by atoms with van der Waals surface area (Å²) < 4.78 is 13.3. The molecule has 0 fully saturated rings. The smallest absolute Gasteiger partial charge is 0.159 e. The fourth-order valence-corrected chi connectivity index (χ4v) is 2.83. The van der Waals surface area contributed by atoms with Gasteiger partial charge in [0.05, 0.1) is 0 Å². The summed E-state index contributed by atoms with van der Waals surface area (Å²) in [5, 5.41) is 1.85. The van der Waals surface area contributed by atoms with Gasteiger partial charge in [-0.3, -0.25) is 0 Å². The molecular weight excluding hydrogens is 335 g/mol. The number of aryl methyl sites for hydroxylation is 1. The molecule has 0 aliphatic rings. The average Bonchev–Trinajstić information content (AvgIpc) is 2.72. The van der Waals surface area contributed by atoms with Crippen LogP contribution in [0.25, 0.3) is 22.2 Å². The maximum Gasteiger partial charge on any atom is 0.159 e. The Kier molecular flexibility index (Phi) is 4.63. The fourth-order valence-electron chi connectivity index (χ4n) is 2.83. The highest BCUT2D eigenvalue weighted by Gasteiger charge is 2.01. The van der Waals surface area contributed by atoms with Crippen LogP contribution < -0.4 is 0 Å². The van der Waals surface area contributed by atoms with E-state index in [2.05, 4.69) is 28.7 Å². The highest BCUT2D eigenvalue weighted by Crippen LogP contribution is 2.18. The molecule has 0 atom stereocenters. The van der Waals surface area contributed by atoms with Gasteiger partial charge in [-0.15, -0.1) is 0 Å². The van der Waals surface area contributed by atoms with Gasteiger partial charge in [0.2, 0.25) is 0 Å². The molecule has 4 rings (SSSR count). The molecule has 0 N–H and O–H groups in total. The molecule has 0 aliphatic heterocycles. The van der Waals surface area contributed by atoms with Gasteiger partial charge in [0, 0.05) is 29.1 Å². The van der Waals surface area contributed by atoms with Crippen molar-refractivity contribution in [2.75, 3.05) is 0 Å². The second kappa shape index (κ2) is 7.39. The summed E-state index contributed by atoms with van der Waals surface area (Å²) in [7, 11) is 0. The van der Waals surface area contributed by atoms with E-state index in [0.29, 0.717) is 5.82 Å². The SMILES string of the molecule is CCc1cnc(-c2ccc(C#Cc3ccc4cc(F)ccc4c3)cc2)nc1. The Bertz CT molecular complexity index is 1150. The number of aromatic nitrogens is 2. The van der Waals surface area contributed by atoms with Crippen LogP contribution in [0.3, 0.4) is 0 Å². The Morgan fingerprint density at radius 2 is 1.41 bits per heavy atom. The van der Waals surface area contributed by atoms with Crippen LogP contribution in [-0.4, -0.2) is 9.97 Å². The Morgan fingerprint density at radius 3 is 2.15 bits per heavy atom. The maximum absolute atomic E-state index is 13.3. The van der Waals surface area contributed by atoms with Crippen LogP contribution in [0.1, 0.15) is 23.6 Å². The Balaban J connectivity index is 1.56. The number of hydrogen-bond acceptors (Lipinski definition) is 2. The first-order valence-electron chi connectivity index (χ1n) is 8.84. The first-order valence-corrected chi connectivity index (χ1v) is 8.84. The first kappa shape index (κ1) is 16.9. The summed E-state index contributed by atoms with van der Waals surface area (Å²) in [6.45, 7) is 2.08. The van der Waals surface area contributed by atoms with Crippen LogP contribution >= 0.6 is 0 Å². The van der Waals surface area contributed by atoms with Crippen molar-refractivity contribution >= 4 is 10.8 Å². The predicted octanol–water partition coefficient (Wildman–Crippen LogP) is 5.40. The predicted molar refractivity (Wildman–Crippen MR) is 107 cm³/mol. The van der Waals surface area contributed by atoms with Gasteiger partial charge >= 0.3 is 0 Å². The van der Waals surface area contributed by atoms with Crippen molar-refractivity contribution in [2.24, 2.45) is 0 Å². The monoisotopic (exact) mass is 352 g/mol. The maximum atomic E-state index is 13.3. The van der Waals surface area contributed by atoms with Crippen LogP contribution in [0.2, 0.25) is 0 Å². The molecule has 27 heavy (non-hydrogen) atoms. The standard InChI is InChI=1S/C24H17FN2/c1-2-17-15-26-24(27-16-17)20-8-5-18(6-9-20)3-4-19-7-10-22-14-23(25)12-11-21(22)13-19/h5-16H,2H2,1H3. The summed E-state index contributed by atoms with van der Waals surface area (Å²) in [5.74, 6) is 6.83. The molecule has 0 spiro atoms. The second-order valence-electron chi connectivity index (χ2n) is 6.30. The fraction of sp³-hybridized carbons (Fsp3) is 0.0833. The molecule has 1 heterocycles. The van der Waals surface area contributed by atoms with Crippen molar-refractivity contribution in [3.8, 4) is 23.2 Å². The molecule has 0 radical (unpaired) electrons. The minimum atomic E-state index is -0.227. The molecule has 0 saturated heterocycles. The van der Waals surface area contributed by atoms with Crippen LogP contribution in [0, 0.1) is 17.7 Å². The molecule has 3 aromatic carbocycles. The van der Waals surface area contributed by atoms with Gasteiger partial charge in [-0.1, -0.05) is 30.9 Å². The molecule has 0 aliphatic carbocycles. The molecule has 4 aromatic rings. The summed E-state index contributed by atoms with van der Waals surface area (Å²) in [6.07, 6.45) is 4.65. The number of hydrogen-bond donors (Lipinski definition) is 0. The molecular formula is C24H17FN2. The lowest BCUT2D eigenvalue weighted by Gasteiger charge is -2.01. The third-order valence-electron chi connectivity index (χ3n) is 4.41. The van der Waals surface area contributed by atoms with Gasteiger partial charge in [0.15, 0.2) is 5.82 Å². The number of halogens is 1. The highest BCUT2D eigenvalue weighted by molar-refractivity contribution is 5.84. The van der Waals surface area contributed by atoms with Gasteiger partial charge in [-0.2, -0.15) is 0 Å². The van der Waals surface area contributed by atoms with E-state index in [1.165, 1.54) is 12.1 Å². The molecule has 130 valence electrons. The molecule has 2 nitrogen and oxygen atoms in total. The van der Waals surface area contributed by atoms with E-state index in [4.69, 9.17) is 0 Å². The molecule has 0 bridgehead atoms. The largest absolute Gasteiger partial charge is 0.236 e. The third kappa shape index (κ3) is 3.86. The third-order valence-corrected chi connectivity index (χ3v) is 4.41. The van der Waals surface area contributed by atoms with Crippen molar-refractivity contribution in [3.05, 3.63) is 95.6 Å². The minimum Gasteiger partial charge on any atom is -0.236 e. The summed E-state index contributed by atoms with van der Waals surface area (Å²) >= 11 is 0. The lowest BCUT2D eigenvalue weighted by molar-refractivity contribution is 0.630. The van der Waals surface area contributed by atoms with E-state index in [-0.39, 0.29) is 5.82 Å². The summed E-state index contributed by atoms with van der Waals surface area (Å²) in [4.78, 5) is 8.81. The zero-order chi connectivity index (χ0) is 18.6. The van der Waals surface area contributed by atoms with Crippen molar-refractivity contribution in [2.45, 2.75) is 13.3 Å². The van der Waals surface area contributed by atoms with Gasteiger partial charge < -0.3 is 0 Å². The van der Waals surface area contributed by atoms with Crippen molar-refractivity contribution < 1.29 is 4.39 Å². The van der Waals surface area contributed by atoms with Gasteiger partial charge in [-0.05, 0) is 71.3 Å².